The van der Waals surface area contributed by atoms with Gasteiger partial charge in [-0.3, -0.25) is 4.79 Å². The zero-order chi connectivity index (χ0) is 16.3. The SMILES string of the molecule is C#CCO/C=C(/C(=O)OC)C1C(=O)N(C)c2ccc(C)cc21. The Hall–Kier alpha value is -2.74. The summed E-state index contributed by atoms with van der Waals surface area (Å²) in [6.45, 7) is 1.94. The summed E-state index contributed by atoms with van der Waals surface area (Å²) in [5, 5.41) is 0. The highest BCUT2D eigenvalue weighted by molar-refractivity contribution is 6.11. The third-order valence-corrected chi connectivity index (χ3v) is 3.54. The van der Waals surface area contributed by atoms with E-state index in [0.29, 0.717) is 0 Å². The molecule has 0 aromatic heterocycles. The molecule has 1 aromatic rings. The van der Waals surface area contributed by atoms with Crippen molar-refractivity contribution in [1.82, 2.24) is 0 Å². The standard InChI is InChI=1S/C17H17NO4/c1-5-8-22-10-13(17(20)21-4)15-12-9-11(2)6-7-14(12)18(3)16(15)19/h1,6-7,9-10,15H,8H2,2-4H3/b13-10+. The molecule has 1 atom stereocenters. The zero-order valence-corrected chi connectivity index (χ0v) is 12.8. The summed E-state index contributed by atoms with van der Waals surface area (Å²) in [6, 6.07) is 5.67. The Morgan fingerprint density at radius 1 is 1.50 bits per heavy atom. The molecule has 22 heavy (non-hydrogen) atoms. The molecule has 1 heterocycles. The maximum atomic E-state index is 12.5. The molecule has 1 unspecified atom stereocenters. The molecule has 5 nitrogen and oxygen atoms in total. The summed E-state index contributed by atoms with van der Waals surface area (Å²) in [5.74, 6) is 0.740. The van der Waals surface area contributed by atoms with Crippen LogP contribution in [0.3, 0.4) is 0 Å². The number of nitrogens with zero attached hydrogens (tertiary/aromatic N) is 1. The highest BCUT2D eigenvalue weighted by Crippen LogP contribution is 2.41. The van der Waals surface area contributed by atoms with Gasteiger partial charge in [-0.15, -0.1) is 6.42 Å². The number of carbonyl (C=O) groups excluding carboxylic acids is 2. The van der Waals surface area contributed by atoms with Crippen LogP contribution in [-0.4, -0.2) is 32.6 Å². The first-order valence-electron chi connectivity index (χ1n) is 6.72. The molecule has 5 heteroatoms. The van der Waals surface area contributed by atoms with Crippen molar-refractivity contribution in [1.29, 1.82) is 0 Å². The number of hydrogen-bond acceptors (Lipinski definition) is 4. The summed E-state index contributed by atoms with van der Waals surface area (Å²) in [5.41, 5.74) is 2.67. The van der Waals surface area contributed by atoms with Crippen LogP contribution in [0.1, 0.15) is 17.0 Å². The van der Waals surface area contributed by atoms with Gasteiger partial charge in [0, 0.05) is 12.7 Å². The summed E-state index contributed by atoms with van der Waals surface area (Å²) in [7, 11) is 2.94. The fourth-order valence-electron chi connectivity index (χ4n) is 2.49. The van der Waals surface area contributed by atoms with Gasteiger partial charge in [0.05, 0.1) is 18.9 Å². The number of fused-ring (bicyclic) bond motifs is 1. The van der Waals surface area contributed by atoms with Gasteiger partial charge in [0.25, 0.3) is 0 Å². The van der Waals surface area contributed by atoms with E-state index in [0.717, 1.165) is 16.8 Å². The number of aryl methyl sites for hydroxylation is 1. The molecule has 0 saturated carbocycles. The number of likely N-dealkylation sites (N-methyl/N-ethyl adjacent to an activating group) is 1. The number of benzene rings is 1. The molecular formula is C17H17NO4. The minimum Gasteiger partial charge on any atom is -0.488 e. The lowest BCUT2D eigenvalue weighted by Crippen LogP contribution is -2.27. The Kier molecular flexibility index (Phi) is 4.52. The molecule has 1 aliphatic rings. The molecule has 2 rings (SSSR count). The van der Waals surface area contributed by atoms with Crippen LogP contribution < -0.4 is 4.90 Å². The largest absolute Gasteiger partial charge is 0.488 e. The van der Waals surface area contributed by atoms with E-state index in [4.69, 9.17) is 15.9 Å². The Bertz CT molecular complexity index is 684. The lowest BCUT2D eigenvalue weighted by atomic mass is 9.92. The van der Waals surface area contributed by atoms with E-state index in [2.05, 4.69) is 5.92 Å². The maximum absolute atomic E-state index is 12.5. The van der Waals surface area contributed by atoms with Crippen molar-refractivity contribution in [3.63, 3.8) is 0 Å². The van der Waals surface area contributed by atoms with Crippen LogP contribution in [-0.2, 0) is 19.1 Å². The second-order valence-electron chi connectivity index (χ2n) is 4.97. The second kappa shape index (κ2) is 6.35. The molecule has 1 amide bonds. The van der Waals surface area contributed by atoms with E-state index in [-0.39, 0.29) is 18.1 Å². The van der Waals surface area contributed by atoms with Crippen molar-refractivity contribution in [3.8, 4) is 12.3 Å². The van der Waals surface area contributed by atoms with Gasteiger partial charge in [-0.1, -0.05) is 23.6 Å². The van der Waals surface area contributed by atoms with Gasteiger partial charge in [-0.25, -0.2) is 4.79 Å². The molecular weight excluding hydrogens is 282 g/mol. The molecule has 0 spiro atoms. The highest BCUT2D eigenvalue weighted by atomic mass is 16.5. The first-order chi connectivity index (χ1) is 10.5. The number of carbonyl (C=O) groups is 2. The Labute approximate surface area is 129 Å². The monoisotopic (exact) mass is 299 g/mol. The number of terminal acetylenes is 1. The zero-order valence-electron chi connectivity index (χ0n) is 12.8. The number of amides is 1. The first-order valence-corrected chi connectivity index (χ1v) is 6.72. The van der Waals surface area contributed by atoms with Gasteiger partial charge in [0.2, 0.25) is 5.91 Å². The number of anilines is 1. The van der Waals surface area contributed by atoms with E-state index in [1.165, 1.54) is 18.3 Å². The predicted octanol–water partition coefficient (Wildman–Crippen LogP) is 1.76. The molecule has 0 radical (unpaired) electrons. The molecule has 1 aromatic carbocycles. The van der Waals surface area contributed by atoms with E-state index in [1.54, 1.807) is 7.05 Å². The molecule has 114 valence electrons. The van der Waals surface area contributed by atoms with Crippen molar-refractivity contribution >= 4 is 17.6 Å². The van der Waals surface area contributed by atoms with Crippen molar-refractivity contribution in [2.75, 3.05) is 25.7 Å². The minimum atomic E-state index is -0.745. The summed E-state index contributed by atoms with van der Waals surface area (Å²) < 4.78 is 9.91. The number of hydrogen-bond donors (Lipinski definition) is 0. The molecule has 1 aliphatic heterocycles. The second-order valence-corrected chi connectivity index (χ2v) is 4.97. The number of esters is 1. The Balaban J connectivity index is 2.50. The van der Waals surface area contributed by atoms with Gasteiger partial charge in [-0.2, -0.15) is 0 Å². The van der Waals surface area contributed by atoms with Crippen molar-refractivity contribution in [2.24, 2.45) is 0 Å². The summed E-state index contributed by atoms with van der Waals surface area (Å²) in [4.78, 5) is 26.1. The summed E-state index contributed by atoms with van der Waals surface area (Å²) in [6.07, 6.45) is 6.35. The van der Waals surface area contributed by atoms with Crippen molar-refractivity contribution < 1.29 is 19.1 Å². The molecule has 0 aliphatic carbocycles. The van der Waals surface area contributed by atoms with Gasteiger partial charge in [0.15, 0.2) is 0 Å². The van der Waals surface area contributed by atoms with Crippen LogP contribution in [0.15, 0.2) is 30.0 Å². The van der Waals surface area contributed by atoms with Gasteiger partial charge in [-0.05, 0) is 18.6 Å². The smallest absolute Gasteiger partial charge is 0.338 e. The van der Waals surface area contributed by atoms with Crippen LogP contribution >= 0.6 is 0 Å². The van der Waals surface area contributed by atoms with Crippen LogP contribution in [0.4, 0.5) is 5.69 Å². The maximum Gasteiger partial charge on any atom is 0.338 e. The normalized spacial score (nSPS) is 17.0. The Morgan fingerprint density at radius 2 is 2.23 bits per heavy atom. The fourth-order valence-corrected chi connectivity index (χ4v) is 2.49. The average Bonchev–Trinajstić information content (AvgIpc) is 2.75. The van der Waals surface area contributed by atoms with Gasteiger partial charge < -0.3 is 14.4 Å². The van der Waals surface area contributed by atoms with Crippen LogP contribution in [0.25, 0.3) is 0 Å². The summed E-state index contributed by atoms with van der Waals surface area (Å²) >= 11 is 0. The van der Waals surface area contributed by atoms with E-state index in [1.807, 2.05) is 25.1 Å². The van der Waals surface area contributed by atoms with Gasteiger partial charge >= 0.3 is 5.97 Å². The topological polar surface area (TPSA) is 55.8 Å². The first kappa shape index (κ1) is 15.6. The third kappa shape index (κ3) is 2.68. The predicted molar refractivity (Wildman–Crippen MR) is 82.2 cm³/mol. The average molecular weight is 299 g/mol. The van der Waals surface area contributed by atoms with Crippen molar-refractivity contribution in [2.45, 2.75) is 12.8 Å². The minimum absolute atomic E-state index is 0.0118. The lowest BCUT2D eigenvalue weighted by molar-refractivity contribution is -0.137. The molecule has 0 saturated heterocycles. The lowest BCUT2D eigenvalue weighted by Gasteiger charge is -2.13. The third-order valence-electron chi connectivity index (χ3n) is 3.54. The number of ether oxygens (including phenoxy) is 2. The molecule has 0 fully saturated rings. The van der Waals surface area contributed by atoms with Gasteiger partial charge in [0.1, 0.15) is 12.5 Å². The van der Waals surface area contributed by atoms with E-state index < -0.39 is 11.9 Å². The molecule has 0 N–H and O–H groups in total. The highest BCUT2D eigenvalue weighted by Gasteiger charge is 2.40. The quantitative estimate of drug-likeness (QED) is 0.279. The van der Waals surface area contributed by atoms with Crippen LogP contribution in [0, 0.1) is 19.3 Å². The van der Waals surface area contributed by atoms with E-state index in [9.17, 15) is 9.59 Å². The van der Waals surface area contributed by atoms with E-state index >= 15 is 0 Å². The fraction of sp³-hybridized carbons (Fsp3) is 0.294. The van der Waals surface area contributed by atoms with Crippen LogP contribution in [0.5, 0.6) is 0 Å². The number of rotatable bonds is 4. The Morgan fingerprint density at radius 3 is 2.86 bits per heavy atom. The number of methoxy groups -OCH3 is 1. The molecule has 0 bridgehead atoms. The van der Waals surface area contributed by atoms with Crippen molar-refractivity contribution in [3.05, 3.63) is 41.2 Å². The van der Waals surface area contributed by atoms with Crippen LogP contribution in [0.2, 0.25) is 0 Å².